The largest absolute Gasteiger partial charge is 0.758 e. The molecule has 0 bridgehead atoms. The molecule has 6 rings (SSSR count). The van der Waals surface area contributed by atoms with Gasteiger partial charge in [0.15, 0.2) is 5.82 Å². The van der Waals surface area contributed by atoms with E-state index in [1.165, 1.54) is 30.7 Å². The van der Waals surface area contributed by atoms with E-state index in [1.807, 2.05) is 42.5 Å². The summed E-state index contributed by atoms with van der Waals surface area (Å²) < 4.78 is 20.1. The maximum absolute atomic E-state index is 15.4. The van der Waals surface area contributed by atoms with Crippen LogP contribution in [0.4, 0.5) is 20.6 Å². The molecule has 1 amide bonds. The number of allylic oxidation sites excluding steroid dienone is 2. The summed E-state index contributed by atoms with van der Waals surface area (Å²) in [5.74, 6) is -0.414. The summed E-state index contributed by atoms with van der Waals surface area (Å²) in [6.07, 6.45) is 7.99. The minimum Gasteiger partial charge on any atom is -0.758 e. The van der Waals surface area contributed by atoms with Gasteiger partial charge in [-0.25, -0.2) is 24.7 Å². The van der Waals surface area contributed by atoms with Gasteiger partial charge in [0.2, 0.25) is 0 Å². The second kappa shape index (κ2) is 12.6. The molecule has 44 heavy (non-hydrogen) atoms. The third-order valence-corrected chi connectivity index (χ3v) is 7.64. The first kappa shape index (κ1) is 28.9. The highest BCUT2D eigenvalue weighted by molar-refractivity contribution is 6.31. The van der Waals surface area contributed by atoms with Crippen LogP contribution in [0.1, 0.15) is 22.9 Å². The van der Waals surface area contributed by atoms with Gasteiger partial charge in [0.05, 0.1) is 29.7 Å². The van der Waals surface area contributed by atoms with Crippen LogP contribution in [0.2, 0.25) is 5.02 Å². The molecule has 0 saturated heterocycles. The molecule has 3 aromatic carbocycles. The summed E-state index contributed by atoms with van der Waals surface area (Å²) in [5, 5.41) is 22.5. The van der Waals surface area contributed by atoms with Gasteiger partial charge in [0.25, 0.3) is 0 Å². The van der Waals surface area contributed by atoms with E-state index in [0.29, 0.717) is 29.2 Å². The number of carbonyl (C=O) groups excluding carboxylic acids is 1. The molecule has 13 heteroatoms. The Hall–Kier alpha value is -5.17. The van der Waals surface area contributed by atoms with Crippen molar-refractivity contribution in [3.8, 4) is 11.3 Å². The molecule has 2 aliphatic heterocycles. The zero-order chi connectivity index (χ0) is 30.6. The molecule has 224 valence electrons. The monoisotopic (exact) mass is 613 g/mol. The van der Waals surface area contributed by atoms with Gasteiger partial charge >= 0.3 is 6.09 Å². The summed E-state index contributed by atoms with van der Waals surface area (Å²) in [6.45, 7) is 0. The number of ether oxygens (including phenoxy) is 1. The molecular weight excluding hydrogens is 587 g/mol. The Morgan fingerprint density at radius 2 is 1.95 bits per heavy atom. The number of aromatic nitrogens is 2. The highest BCUT2D eigenvalue weighted by Crippen LogP contribution is 2.38. The van der Waals surface area contributed by atoms with E-state index >= 15 is 4.39 Å². The summed E-state index contributed by atoms with van der Waals surface area (Å²) >= 11 is 6.15. The van der Waals surface area contributed by atoms with Crippen LogP contribution in [-0.2, 0) is 11.2 Å². The molecular formula is C31H27ClFN8O3-. The lowest BCUT2D eigenvalue weighted by Crippen LogP contribution is -2.38. The Kier molecular flexibility index (Phi) is 8.28. The molecule has 0 fully saturated rings. The molecule has 0 saturated carbocycles. The van der Waals surface area contributed by atoms with E-state index in [0.717, 1.165) is 21.9 Å². The zero-order valence-electron chi connectivity index (χ0n) is 23.4. The molecule has 0 spiro atoms. The second-order valence-electron chi connectivity index (χ2n) is 10.1. The van der Waals surface area contributed by atoms with Crippen molar-refractivity contribution in [1.29, 1.82) is 0 Å². The predicted molar refractivity (Wildman–Crippen MR) is 168 cm³/mol. The number of nitrogens with zero attached hydrogens (tertiary/aromatic N) is 4. The molecule has 0 radical (unpaired) electrons. The van der Waals surface area contributed by atoms with Crippen molar-refractivity contribution in [3.63, 3.8) is 0 Å². The van der Waals surface area contributed by atoms with Crippen molar-refractivity contribution >= 4 is 41.0 Å². The first-order chi connectivity index (χ1) is 21.4. The van der Waals surface area contributed by atoms with Crippen LogP contribution in [0.15, 0.2) is 96.4 Å². The molecule has 2 aliphatic rings. The lowest BCUT2D eigenvalue weighted by atomic mass is 9.88. The Bertz CT molecular complexity index is 1740. The van der Waals surface area contributed by atoms with Gasteiger partial charge in [-0.15, -0.1) is 5.53 Å². The van der Waals surface area contributed by atoms with E-state index in [2.05, 4.69) is 36.2 Å². The third-order valence-electron chi connectivity index (χ3n) is 7.35. The normalized spacial score (nSPS) is 16.5. The zero-order valence-corrected chi connectivity index (χ0v) is 24.1. The molecule has 1 aromatic heterocycles. The number of nitrogens with one attached hydrogen (secondary N) is 4. The third kappa shape index (κ3) is 5.99. The molecule has 0 aliphatic carbocycles. The number of halogens is 2. The van der Waals surface area contributed by atoms with Crippen LogP contribution >= 0.6 is 11.6 Å². The molecule has 2 unspecified atom stereocenters. The number of H-pyrrole nitrogens is 1. The highest BCUT2D eigenvalue weighted by Gasteiger charge is 2.29. The van der Waals surface area contributed by atoms with Crippen LogP contribution < -0.4 is 21.4 Å². The first-order valence-electron chi connectivity index (χ1n) is 13.6. The predicted octanol–water partition coefficient (Wildman–Crippen LogP) is 5.93. The van der Waals surface area contributed by atoms with Crippen LogP contribution in [0, 0.1) is 11.0 Å². The standard InChI is InChI=1S/C31H27ClFN8O3/c1-44-31(42)36-22-10-7-20(8-11-22)25-16-34-30(37-25)23(15-19-5-3-2-4-6-19)26-13-9-21(17-41(26)43)28-27(40-18-35-38-39-40)14-12-24(32)29(28)33/h2-14,16-18,23,26,38-39H,15H2,1H3,(H,34,37)(H,36,42)/q-1. The van der Waals surface area contributed by atoms with Gasteiger partial charge in [-0.1, -0.05) is 66.2 Å². The van der Waals surface area contributed by atoms with E-state index in [1.54, 1.807) is 36.5 Å². The number of hydrogen-bond donors (Lipinski definition) is 4. The Morgan fingerprint density at radius 1 is 1.16 bits per heavy atom. The van der Waals surface area contributed by atoms with Gasteiger partial charge in [0.1, 0.15) is 12.2 Å². The van der Waals surface area contributed by atoms with E-state index in [-0.39, 0.29) is 16.5 Å². The van der Waals surface area contributed by atoms with E-state index in [4.69, 9.17) is 11.6 Å². The van der Waals surface area contributed by atoms with Gasteiger partial charge < -0.3 is 20.0 Å². The van der Waals surface area contributed by atoms with Crippen LogP contribution in [0.5, 0.6) is 0 Å². The van der Waals surface area contributed by atoms with Crippen LogP contribution in [-0.4, -0.2) is 40.6 Å². The number of hydrazine groups is 2. The Labute approximate surface area is 257 Å². The topological polar surface area (TPSA) is 133 Å². The van der Waals surface area contributed by atoms with Crippen molar-refractivity contribution in [1.82, 2.24) is 26.1 Å². The number of amides is 1. The molecule has 4 N–H and O–H groups in total. The SMILES string of the molecule is COC(=O)Nc1ccc(-c2cnc(C(Cc3ccccc3)C3C=CC(c4c(N5C=NNN5)ccc(Cl)c4F)=CN3[O-])[nH]2)cc1. The van der Waals surface area contributed by atoms with Gasteiger partial charge in [-0.2, -0.15) is 5.10 Å². The fourth-order valence-electron chi connectivity index (χ4n) is 5.17. The quantitative estimate of drug-likeness (QED) is 0.192. The van der Waals surface area contributed by atoms with Gasteiger partial charge in [-0.05, 0) is 48.0 Å². The minimum atomic E-state index is -0.654. The number of hydroxylamine groups is 2. The number of methoxy groups -OCH3 is 1. The molecule has 11 nitrogen and oxygen atoms in total. The maximum atomic E-state index is 15.4. The summed E-state index contributed by atoms with van der Waals surface area (Å²) in [7, 11) is 1.30. The first-order valence-corrected chi connectivity index (χ1v) is 14.0. The second-order valence-corrected chi connectivity index (χ2v) is 10.5. The maximum Gasteiger partial charge on any atom is 0.411 e. The minimum absolute atomic E-state index is 0.0686. The van der Waals surface area contributed by atoms with Crippen molar-refractivity contribution in [3.05, 3.63) is 124 Å². The molecule has 4 aromatic rings. The smallest absolute Gasteiger partial charge is 0.411 e. The lowest BCUT2D eigenvalue weighted by Gasteiger charge is -2.41. The van der Waals surface area contributed by atoms with Crippen LogP contribution in [0.3, 0.4) is 0 Å². The van der Waals surface area contributed by atoms with Gasteiger partial charge in [0, 0.05) is 28.8 Å². The summed E-state index contributed by atoms with van der Waals surface area (Å²) in [4.78, 5) is 19.6. The average molecular weight is 614 g/mol. The van der Waals surface area contributed by atoms with Crippen molar-refractivity contribution in [2.24, 2.45) is 5.10 Å². The van der Waals surface area contributed by atoms with Gasteiger partial charge in [-0.3, -0.25) is 5.32 Å². The fraction of sp³-hybridized carbons (Fsp3) is 0.129. The molecule has 2 atom stereocenters. The van der Waals surface area contributed by atoms with Crippen molar-refractivity contribution < 1.29 is 13.9 Å². The lowest BCUT2D eigenvalue weighted by molar-refractivity contribution is 0.187. The van der Waals surface area contributed by atoms with E-state index in [9.17, 15) is 10.0 Å². The molecule has 3 heterocycles. The number of imidazole rings is 1. The fourth-order valence-corrected chi connectivity index (χ4v) is 5.33. The van der Waals surface area contributed by atoms with Crippen LogP contribution in [0.25, 0.3) is 16.8 Å². The number of aromatic amines is 1. The van der Waals surface area contributed by atoms with E-state index < -0.39 is 18.0 Å². The number of hydrogen-bond acceptors (Lipinski definition) is 9. The Balaban J connectivity index is 1.30. The van der Waals surface area contributed by atoms with Crippen molar-refractivity contribution in [2.45, 2.75) is 18.4 Å². The summed E-state index contributed by atoms with van der Waals surface area (Å²) in [5.41, 5.74) is 9.50. The summed E-state index contributed by atoms with van der Waals surface area (Å²) in [6, 6.07) is 19.5. The number of benzene rings is 3. The number of carbonyl (C=O) groups is 1. The number of anilines is 2. The number of hydrazone groups is 1. The Morgan fingerprint density at radius 3 is 2.66 bits per heavy atom. The van der Waals surface area contributed by atoms with Crippen molar-refractivity contribution in [2.75, 3.05) is 17.4 Å². The average Bonchev–Trinajstić information content (AvgIpc) is 3.76. The number of rotatable bonds is 8. The highest BCUT2D eigenvalue weighted by atomic mass is 35.5.